The van der Waals surface area contributed by atoms with Crippen molar-refractivity contribution in [3.8, 4) is 0 Å². The van der Waals surface area contributed by atoms with Gasteiger partial charge in [0.25, 0.3) is 0 Å². The quantitative estimate of drug-likeness (QED) is 0.891. The third kappa shape index (κ3) is 3.78. The van der Waals surface area contributed by atoms with Gasteiger partial charge in [-0.05, 0) is 37.6 Å². The minimum Gasteiger partial charge on any atom is -0.320 e. The first-order valence-corrected chi connectivity index (χ1v) is 7.60. The molecule has 0 aromatic heterocycles. The molecule has 1 aliphatic rings. The number of carbonyl (C=O) groups is 1. The summed E-state index contributed by atoms with van der Waals surface area (Å²) in [6, 6.07) is 5.28. The van der Waals surface area contributed by atoms with Crippen LogP contribution in [-0.2, 0) is 0 Å². The van der Waals surface area contributed by atoms with Gasteiger partial charge in [-0.1, -0.05) is 30.1 Å². The van der Waals surface area contributed by atoms with E-state index in [0.717, 1.165) is 32.5 Å². The Labute approximate surface area is 129 Å². The van der Waals surface area contributed by atoms with Gasteiger partial charge < -0.3 is 15.5 Å². The van der Waals surface area contributed by atoms with Crippen molar-refractivity contribution >= 4 is 34.9 Å². The highest BCUT2D eigenvalue weighted by Gasteiger charge is 2.25. The van der Waals surface area contributed by atoms with E-state index >= 15 is 0 Å². The van der Waals surface area contributed by atoms with Crippen LogP contribution >= 0.6 is 23.2 Å². The summed E-state index contributed by atoms with van der Waals surface area (Å²) in [6.07, 6.45) is 1.93. The molecule has 1 saturated heterocycles. The average molecular weight is 316 g/mol. The predicted octanol–water partition coefficient (Wildman–Crippen LogP) is 3.60. The smallest absolute Gasteiger partial charge is 0.320 e. The molecule has 0 aliphatic carbocycles. The van der Waals surface area contributed by atoms with Gasteiger partial charge in [0.1, 0.15) is 0 Å². The number of rotatable bonds is 4. The van der Waals surface area contributed by atoms with Gasteiger partial charge in [-0.25, -0.2) is 4.79 Å². The molecular weight excluding hydrogens is 297 g/mol. The fourth-order valence-electron chi connectivity index (χ4n) is 2.37. The average Bonchev–Trinajstić information content (AvgIpc) is 2.94. The monoisotopic (exact) mass is 315 g/mol. The summed E-state index contributed by atoms with van der Waals surface area (Å²) < 4.78 is 0. The maximum atomic E-state index is 12.4. The van der Waals surface area contributed by atoms with Gasteiger partial charge in [-0.15, -0.1) is 0 Å². The van der Waals surface area contributed by atoms with Crippen LogP contribution in [0.15, 0.2) is 18.2 Å². The second kappa shape index (κ2) is 7.16. The molecule has 1 fully saturated rings. The molecule has 6 heteroatoms. The summed E-state index contributed by atoms with van der Waals surface area (Å²) in [7, 11) is 0. The third-order valence-corrected chi connectivity index (χ3v) is 4.11. The third-order valence-electron chi connectivity index (χ3n) is 3.37. The van der Waals surface area contributed by atoms with E-state index in [9.17, 15) is 4.79 Å². The number of nitrogens with one attached hydrogen (secondary N) is 2. The van der Waals surface area contributed by atoms with Gasteiger partial charge in [0.15, 0.2) is 0 Å². The number of hydrogen-bond acceptors (Lipinski definition) is 2. The summed E-state index contributed by atoms with van der Waals surface area (Å²) in [5.41, 5.74) is 0.663. The Bertz CT molecular complexity index is 475. The van der Waals surface area contributed by atoms with Gasteiger partial charge in [0, 0.05) is 24.8 Å². The van der Waals surface area contributed by atoms with Crippen LogP contribution in [0.4, 0.5) is 10.5 Å². The normalized spacial score (nSPS) is 18.1. The molecule has 1 aromatic rings. The molecule has 0 spiro atoms. The molecule has 20 heavy (non-hydrogen) atoms. The fourth-order valence-corrected chi connectivity index (χ4v) is 2.66. The van der Waals surface area contributed by atoms with Crippen LogP contribution in [0.2, 0.25) is 10.0 Å². The first kappa shape index (κ1) is 15.4. The summed E-state index contributed by atoms with van der Waals surface area (Å²) in [4.78, 5) is 14.3. The zero-order valence-electron chi connectivity index (χ0n) is 11.5. The SMILES string of the molecule is CCCN(C(=O)Nc1ccc(Cl)c(Cl)c1)C1CCNC1. The van der Waals surface area contributed by atoms with E-state index in [2.05, 4.69) is 17.6 Å². The Morgan fingerprint density at radius 1 is 1.45 bits per heavy atom. The van der Waals surface area contributed by atoms with E-state index in [-0.39, 0.29) is 12.1 Å². The maximum Gasteiger partial charge on any atom is 0.322 e. The van der Waals surface area contributed by atoms with Crippen LogP contribution < -0.4 is 10.6 Å². The highest BCUT2D eigenvalue weighted by atomic mass is 35.5. The number of benzene rings is 1. The van der Waals surface area contributed by atoms with Crippen LogP contribution in [0.3, 0.4) is 0 Å². The summed E-state index contributed by atoms with van der Waals surface area (Å²) in [6.45, 7) is 4.64. The van der Waals surface area contributed by atoms with Crippen LogP contribution in [-0.4, -0.2) is 36.6 Å². The van der Waals surface area contributed by atoms with Gasteiger partial charge in [0.05, 0.1) is 10.0 Å². The predicted molar refractivity (Wildman–Crippen MR) is 83.8 cm³/mol. The largest absolute Gasteiger partial charge is 0.322 e. The molecule has 1 unspecified atom stereocenters. The van der Waals surface area contributed by atoms with Crippen LogP contribution in [0.25, 0.3) is 0 Å². The molecule has 4 nitrogen and oxygen atoms in total. The molecule has 110 valence electrons. The van der Waals surface area contributed by atoms with Crippen molar-refractivity contribution in [3.63, 3.8) is 0 Å². The van der Waals surface area contributed by atoms with Crippen LogP contribution in [0.1, 0.15) is 19.8 Å². The highest BCUT2D eigenvalue weighted by Crippen LogP contribution is 2.25. The Balaban J connectivity index is 2.05. The zero-order chi connectivity index (χ0) is 14.5. The molecule has 1 heterocycles. The zero-order valence-corrected chi connectivity index (χ0v) is 13.0. The van der Waals surface area contributed by atoms with E-state index in [1.54, 1.807) is 18.2 Å². The molecule has 1 atom stereocenters. The Morgan fingerprint density at radius 3 is 2.85 bits per heavy atom. The molecule has 0 bridgehead atoms. The van der Waals surface area contributed by atoms with Gasteiger partial charge >= 0.3 is 6.03 Å². The number of urea groups is 1. The number of nitrogens with zero attached hydrogens (tertiary/aromatic N) is 1. The summed E-state index contributed by atoms with van der Waals surface area (Å²) in [5.74, 6) is 0. The number of hydrogen-bond donors (Lipinski definition) is 2. The van der Waals surface area contributed by atoms with Crippen molar-refractivity contribution in [3.05, 3.63) is 28.2 Å². The Hall–Kier alpha value is -0.970. The fraction of sp³-hybridized carbons (Fsp3) is 0.500. The number of halogens is 2. The number of carbonyl (C=O) groups excluding carboxylic acids is 1. The first-order valence-electron chi connectivity index (χ1n) is 6.85. The molecule has 2 N–H and O–H groups in total. The maximum absolute atomic E-state index is 12.4. The lowest BCUT2D eigenvalue weighted by Gasteiger charge is -2.28. The lowest BCUT2D eigenvalue weighted by Crippen LogP contribution is -2.44. The Kier molecular flexibility index (Phi) is 5.52. The second-order valence-electron chi connectivity index (χ2n) is 4.90. The van der Waals surface area contributed by atoms with E-state index in [1.807, 2.05) is 4.90 Å². The molecule has 0 saturated carbocycles. The summed E-state index contributed by atoms with van der Waals surface area (Å²) >= 11 is 11.8. The lowest BCUT2D eigenvalue weighted by atomic mass is 10.2. The first-order chi connectivity index (χ1) is 9.61. The molecule has 1 aromatic carbocycles. The minimum atomic E-state index is -0.0843. The topological polar surface area (TPSA) is 44.4 Å². The van der Waals surface area contributed by atoms with Crippen molar-refractivity contribution in [2.75, 3.05) is 25.0 Å². The Morgan fingerprint density at radius 2 is 2.25 bits per heavy atom. The standard InChI is InChI=1S/C14H19Cl2N3O/c1-2-7-19(11-5-6-17-9-11)14(20)18-10-3-4-12(15)13(16)8-10/h3-4,8,11,17H,2,5-7,9H2,1H3,(H,18,20). The number of anilines is 1. The highest BCUT2D eigenvalue weighted by molar-refractivity contribution is 6.42. The van der Waals surface area contributed by atoms with Gasteiger partial charge in [0.2, 0.25) is 0 Å². The van der Waals surface area contributed by atoms with Crippen molar-refractivity contribution < 1.29 is 4.79 Å². The van der Waals surface area contributed by atoms with Crippen LogP contribution in [0, 0.1) is 0 Å². The molecule has 0 radical (unpaired) electrons. The number of amides is 2. The second-order valence-corrected chi connectivity index (χ2v) is 5.71. The van der Waals surface area contributed by atoms with Crippen LogP contribution in [0.5, 0.6) is 0 Å². The van der Waals surface area contributed by atoms with Gasteiger partial charge in [-0.3, -0.25) is 0 Å². The van der Waals surface area contributed by atoms with Crippen molar-refractivity contribution in [2.24, 2.45) is 0 Å². The summed E-state index contributed by atoms with van der Waals surface area (Å²) in [5, 5.41) is 7.09. The van der Waals surface area contributed by atoms with E-state index < -0.39 is 0 Å². The van der Waals surface area contributed by atoms with Crippen molar-refractivity contribution in [1.82, 2.24) is 10.2 Å². The van der Waals surface area contributed by atoms with Crippen molar-refractivity contribution in [1.29, 1.82) is 0 Å². The molecule has 2 amide bonds. The molecule has 1 aliphatic heterocycles. The van der Waals surface area contributed by atoms with Gasteiger partial charge in [-0.2, -0.15) is 0 Å². The van der Waals surface area contributed by atoms with E-state index in [0.29, 0.717) is 15.7 Å². The molecule has 2 rings (SSSR count). The lowest BCUT2D eigenvalue weighted by molar-refractivity contribution is 0.192. The van der Waals surface area contributed by atoms with E-state index in [1.165, 1.54) is 0 Å². The van der Waals surface area contributed by atoms with Crippen molar-refractivity contribution in [2.45, 2.75) is 25.8 Å². The molecular formula is C14H19Cl2N3O. The minimum absolute atomic E-state index is 0.0843. The van der Waals surface area contributed by atoms with E-state index in [4.69, 9.17) is 23.2 Å².